The minimum Gasteiger partial charge on any atom is -0.478 e. The van der Waals surface area contributed by atoms with E-state index in [1.54, 1.807) is 0 Å². The van der Waals surface area contributed by atoms with E-state index in [1.165, 1.54) is 24.3 Å². The van der Waals surface area contributed by atoms with Crippen LogP contribution in [0.25, 0.3) is 0 Å². The molecule has 0 aliphatic rings. The maximum atomic E-state index is 11.9. The average Bonchev–Trinajstić information content (AvgIpc) is 2.79. The zero-order valence-electron chi connectivity index (χ0n) is 11.8. The number of amides is 1. The van der Waals surface area contributed by atoms with Crippen molar-refractivity contribution in [2.75, 3.05) is 6.54 Å². The summed E-state index contributed by atoms with van der Waals surface area (Å²) in [6.45, 7) is 4.16. The van der Waals surface area contributed by atoms with E-state index < -0.39 is 5.97 Å². The molecule has 0 bridgehead atoms. The number of hydrogen-bond donors (Lipinski definition) is 2. The Morgan fingerprint density at radius 1 is 1.19 bits per heavy atom. The molecule has 2 N–H and O–H groups in total. The van der Waals surface area contributed by atoms with Crippen molar-refractivity contribution < 1.29 is 19.2 Å². The highest BCUT2D eigenvalue weighted by molar-refractivity contribution is 5.95. The van der Waals surface area contributed by atoms with Crippen molar-refractivity contribution in [2.45, 2.75) is 20.3 Å². The molecule has 0 unspecified atom stereocenters. The molecular formula is C15H16N2O4. The predicted molar refractivity (Wildman–Crippen MR) is 75.4 cm³/mol. The van der Waals surface area contributed by atoms with Gasteiger partial charge in [0, 0.05) is 17.7 Å². The van der Waals surface area contributed by atoms with Gasteiger partial charge in [0.25, 0.3) is 5.91 Å². The minimum atomic E-state index is -1.01. The standard InChI is InChI=1S/C15H16N2O4/c1-9-13(10(2)21-17-9)7-8-16-14(18)11-3-5-12(6-4-11)15(19)20/h3-6H,7-8H2,1-2H3,(H,16,18)(H,19,20). The summed E-state index contributed by atoms with van der Waals surface area (Å²) in [5.41, 5.74) is 2.41. The van der Waals surface area contributed by atoms with Crippen LogP contribution in [0.3, 0.4) is 0 Å². The summed E-state index contributed by atoms with van der Waals surface area (Å²) in [6.07, 6.45) is 0.639. The van der Waals surface area contributed by atoms with Gasteiger partial charge in [-0.15, -0.1) is 0 Å². The van der Waals surface area contributed by atoms with Crippen LogP contribution < -0.4 is 5.32 Å². The maximum Gasteiger partial charge on any atom is 0.335 e. The second kappa shape index (κ2) is 6.21. The van der Waals surface area contributed by atoms with Gasteiger partial charge in [0.15, 0.2) is 0 Å². The van der Waals surface area contributed by atoms with Gasteiger partial charge in [0.1, 0.15) is 5.76 Å². The van der Waals surface area contributed by atoms with Gasteiger partial charge in [-0.3, -0.25) is 4.79 Å². The Morgan fingerprint density at radius 2 is 1.81 bits per heavy atom. The molecule has 1 heterocycles. The number of carboxylic acids is 1. The molecule has 0 atom stereocenters. The monoisotopic (exact) mass is 288 g/mol. The highest BCUT2D eigenvalue weighted by Gasteiger charge is 2.10. The quantitative estimate of drug-likeness (QED) is 0.877. The number of nitrogens with one attached hydrogen (secondary N) is 1. The first-order valence-electron chi connectivity index (χ1n) is 6.52. The molecule has 0 aliphatic heterocycles. The van der Waals surface area contributed by atoms with E-state index >= 15 is 0 Å². The fourth-order valence-electron chi connectivity index (χ4n) is 2.03. The van der Waals surface area contributed by atoms with Gasteiger partial charge in [-0.2, -0.15) is 0 Å². The first-order valence-corrected chi connectivity index (χ1v) is 6.52. The molecule has 0 aliphatic carbocycles. The Balaban J connectivity index is 1.91. The molecule has 6 heteroatoms. The van der Waals surface area contributed by atoms with Crippen LogP contribution in [-0.4, -0.2) is 28.7 Å². The van der Waals surface area contributed by atoms with Crippen molar-refractivity contribution in [2.24, 2.45) is 0 Å². The smallest absolute Gasteiger partial charge is 0.335 e. The van der Waals surface area contributed by atoms with Crippen molar-refractivity contribution in [3.63, 3.8) is 0 Å². The highest BCUT2D eigenvalue weighted by atomic mass is 16.5. The molecule has 0 fully saturated rings. The van der Waals surface area contributed by atoms with E-state index in [4.69, 9.17) is 9.63 Å². The van der Waals surface area contributed by atoms with Crippen molar-refractivity contribution in [1.29, 1.82) is 0 Å². The predicted octanol–water partition coefficient (Wildman–Crippen LogP) is 1.96. The zero-order chi connectivity index (χ0) is 15.4. The molecule has 1 aromatic heterocycles. The maximum absolute atomic E-state index is 11.9. The zero-order valence-corrected chi connectivity index (χ0v) is 11.8. The number of rotatable bonds is 5. The Labute approximate surface area is 121 Å². The third-order valence-electron chi connectivity index (χ3n) is 3.24. The average molecular weight is 288 g/mol. The first-order chi connectivity index (χ1) is 9.99. The first kappa shape index (κ1) is 14.8. The van der Waals surface area contributed by atoms with Crippen LogP contribution in [0, 0.1) is 13.8 Å². The fraction of sp³-hybridized carbons (Fsp3) is 0.267. The number of aryl methyl sites for hydroxylation is 2. The molecule has 0 spiro atoms. The molecular weight excluding hydrogens is 272 g/mol. The van der Waals surface area contributed by atoms with E-state index in [0.717, 1.165) is 17.0 Å². The largest absolute Gasteiger partial charge is 0.478 e. The topological polar surface area (TPSA) is 92.4 Å². The van der Waals surface area contributed by atoms with Crippen LogP contribution in [0.4, 0.5) is 0 Å². The number of hydrogen-bond acceptors (Lipinski definition) is 4. The number of nitrogens with zero attached hydrogens (tertiary/aromatic N) is 1. The molecule has 21 heavy (non-hydrogen) atoms. The lowest BCUT2D eigenvalue weighted by Gasteiger charge is -2.05. The van der Waals surface area contributed by atoms with Gasteiger partial charge in [0.2, 0.25) is 0 Å². The van der Waals surface area contributed by atoms with Crippen LogP contribution in [0.1, 0.15) is 37.7 Å². The Hall–Kier alpha value is -2.63. The number of carbonyl (C=O) groups excluding carboxylic acids is 1. The van der Waals surface area contributed by atoms with E-state index in [-0.39, 0.29) is 11.5 Å². The van der Waals surface area contributed by atoms with E-state index in [9.17, 15) is 9.59 Å². The van der Waals surface area contributed by atoms with Gasteiger partial charge in [0.05, 0.1) is 11.3 Å². The number of aromatic nitrogens is 1. The van der Waals surface area contributed by atoms with Crippen molar-refractivity contribution in [1.82, 2.24) is 10.5 Å². The van der Waals surface area contributed by atoms with Crippen LogP contribution in [0.2, 0.25) is 0 Å². The lowest BCUT2D eigenvalue weighted by atomic mass is 10.1. The summed E-state index contributed by atoms with van der Waals surface area (Å²) in [4.78, 5) is 22.7. The third-order valence-corrected chi connectivity index (χ3v) is 3.24. The molecule has 6 nitrogen and oxygen atoms in total. The number of carboxylic acid groups (broad SMARTS) is 1. The second-order valence-corrected chi connectivity index (χ2v) is 4.69. The van der Waals surface area contributed by atoms with Crippen LogP contribution in [-0.2, 0) is 6.42 Å². The SMILES string of the molecule is Cc1noc(C)c1CCNC(=O)c1ccc(C(=O)O)cc1. The Bertz CT molecular complexity index is 639. The van der Waals surface area contributed by atoms with Crippen LogP contribution >= 0.6 is 0 Å². The summed E-state index contributed by atoms with van der Waals surface area (Å²) in [5.74, 6) is -0.494. The number of carbonyl (C=O) groups is 2. The summed E-state index contributed by atoms with van der Waals surface area (Å²) in [6, 6.07) is 5.81. The lowest BCUT2D eigenvalue weighted by molar-refractivity contribution is 0.0696. The minimum absolute atomic E-state index is 0.155. The van der Waals surface area contributed by atoms with E-state index in [1.807, 2.05) is 13.8 Å². The highest BCUT2D eigenvalue weighted by Crippen LogP contribution is 2.12. The van der Waals surface area contributed by atoms with E-state index in [0.29, 0.717) is 18.5 Å². The van der Waals surface area contributed by atoms with Crippen LogP contribution in [0.5, 0.6) is 0 Å². The summed E-state index contributed by atoms with van der Waals surface area (Å²) in [5, 5.41) is 15.4. The molecule has 110 valence electrons. The molecule has 1 aromatic carbocycles. The van der Waals surface area contributed by atoms with E-state index in [2.05, 4.69) is 10.5 Å². The van der Waals surface area contributed by atoms with Crippen molar-refractivity contribution in [3.8, 4) is 0 Å². The van der Waals surface area contributed by atoms with Crippen LogP contribution in [0.15, 0.2) is 28.8 Å². The molecule has 1 amide bonds. The molecule has 0 saturated carbocycles. The Morgan fingerprint density at radius 3 is 2.33 bits per heavy atom. The van der Waals surface area contributed by atoms with Gasteiger partial charge >= 0.3 is 5.97 Å². The summed E-state index contributed by atoms with van der Waals surface area (Å²) >= 11 is 0. The second-order valence-electron chi connectivity index (χ2n) is 4.69. The van der Waals surface area contributed by atoms with Crippen molar-refractivity contribution in [3.05, 3.63) is 52.4 Å². The van der Waals surface area contributed by atoms with Gasteiger partial charge < -0.3 is 14.9 Å². The van der Waals surface area contributed by atoms with Gasteiger partial charge in [-0.1, -0.05) is 5.16 Å². The Kier molecular flexibility index (Phi) is 4.37. The number of benzene rings is 1. The summed E-state index contributed by atoms with van der Waals surface area (Å²) < 4.78 is 5.05. The molecule has 2 aromatic rings. The van der Waals surface area contributed by atoms with Crippen molar-refractivity contribution >= 4 is 11.9 Å². The summed E-state index contributed by atoms with van der Waals surface area (Å²) in [7, 11) is 0. The normalized spacial score (nSPS) is 10.4. The fourth-order valence-corrected chi connectivity index (χ4v) is 2.03. The molecule has 2 rings (SSSR count). The molecule has 0 radical (unpaired) electrons. The number of aromatic carboxylic acids is 1. The third kappa shape index (κ3) is 3.47. The lowest BCUT2D eigenvalue weighted by Crippen LogP contribution is -2.25. The van der Waals surface area contributed by atoms with Gasteiger partial charge in [-0.05, 0) is 44.5 Å². The molecule has 0 saturated heterocycles. The van der Waals surface area contributed by atoms with Gasteiger partial charge in [-0.25, -0.2) is 4.79 Å².